The van der Waals surface area contributed by atoms with Crippen LogP contribution in [0.1, 0.15) is 35.6 Å². The van der Waals surface area contributed by atoms with Crippen LogP contribution in [0.2, 0.25) is 0 Å². The van der Waals surface area contributed by atoms with Gasteiger partial charge in [-0.3, -0.25) is 5.10 Å². The van der Waals surface area contributed by atoms with Gasteiger partial charge in [0.05, 0.1) is 6.20 Å². The predicted molar refractivity (Wildman–Crippen MR) is 87.2 cm³/mol. The first-order valence-corrected chi connectivity index (χ1v) is 7.94. The fourth-order valence-corrected chi connectivity index (χ4v) is 3.00. The second-order valence-corrected chi connectivity index (χ2v) is 6.03. The summed E-state index contributed by atoms with van der Waals surface area (Å²) >= 11 is 0. The monoisotopic (exact) mass is 314 g/mol. The number of nitrogens with one attached hydrogen (secondary N) is 2. The van der Waals surface area contributed by atoms with Crippen molar-refractivity contribution in [2.45, 2.75) is 32.2 Å². The Labute approximate surface area is 135 Å². The van der Waals surface area contributed by atoms with Gasteiger partial charge in [0.15, 0.2) is 0 Å². The number of amides is 2. The van der Waals surface area contributed by atoms with E-state index in [2.05, 4.69) is 15.5 Å². The molecule has 3 rings (SSSR count). The quantitative estimate of drug-likeness (QED) is 0.814. The molecule has 2 amide bonds. The summed E-state index contributed by atoms with van der Waals surface area (Å²) in [5.41, 5.74) is 3.23. The van der Waals surface area contributed by atoms with Gasteiger partial charge in [-0.2, -0.15) is 5.10 Å². The molecule has 1 aliphatic heterocycles. The average Bonchev–Trinajstić information content (AvgIpc) is 2.99. The Morgan fingerprint density at radius 3 is 2.65 bits per heavy atom. The lowest BCUT2D eigenvalue weighted by Crippen LogP contribution is -2.43. The van der Waals surface area contributed by atoms with Crippen LogP contribution in [0.3, 0.4) is 0 Å². The van der Waals surface area contributed by atoms with Crippen LogP contribution >= 0.6 is 0 Å². The molecule has 3 N–H and O–H groups in total. The largest absolute Gasteiger partial charge is 0.508 e. The lowest BCUT2D eigenvalue weighted by atomic mass is 9.89. The van der Waals surface area contributed by atoms with Crippen molar-refractivity contribution in [2.24, 2.45) is 0 Å². The molecular weight excluding hydrogens is 292 g/mol. The van der Waals surface area contributed by atoms with Crippen LogP contribution < -0.4 is 5.32 Å². The number of aromatic nitrogens is 2. The molecule has 1 aromatic carbocycles. The molecule has 2 aromatic rings. The van der Waals surface area contributed by atoms with E-state index in [1.807, 2.05) is 24.0 Å². The SMILES string of the molecule is Cc1[nH]ncc1CNC(=O)N1CCC(c2ccc(O)cc2)CC1. The smallest absolute Gasteiger partial charge is 0.317 e. The first-order chi connectivity index (χ1) is 11.1. The second-order valence-electron chi connectivity index (χ2n) is 6.03. The number of hydrogen-bond acceptors (Lipinski definition) is 3. The van der Waals surface area contributed by atoms with Crippen LogP contribution in [0.15, 0.2) is 30.5 Å². The molecule has 0 saturated carbocycles. The van der Waals surface area contributed by atoms with E-state index in [1.54, 1.807) is 18.3 Å². The van der Waals surface area contributed by atoms with Crippen LogP contribution in [0.4, 0.5) is 4.79 Å². The van der Waals surface area contributed by atoms with Gasteiger partial charge in [0.25, 0.3) is 0 Å². The van der Waals surface area contributed by atoms with Crippen LogP contribution in [-0.4, -0.2) is 39.3 Å². The molecule has 23 heavy (non-hydrogen) atoms. The Kier molecular flexibility index (Phi) is 4.50. The summed E-state index contributed by atoms with van der Waals surface area (Å²) in [4.78, 5) is 14.1. The van der Waals surface area contributed by atoms with Gasteiger partial charge in [-0.1, -0.05) is 12.1 Å². The molecule has 1 aromatic heterocycles. The van der Waals surface area contributed by atoms with Gasteiger partial charge in [-0.25, -0.2) is 4.79 Å². The maximum absolute atomic E-state index is 12.2. The number of aromatic hydroxyl groups is 1. The molecule has 1 aliphatic rings. The summed E-state index contributed by atoms with van der Waals surface area (Å²) in [6.07, 6.45) is 3.64. The maximum atomic E-state index is 12.2. The lowest BCUT2D eigenvalue weighted by Gasteiger charge is -2.32. The van der Waals surface area contributed by atoms with Crippen LogP contribution in [-0.2, 0) is 6.54 Å². The number of aromatic amines is 1. The third-order valence-corrected chi connectivity index (χ3v) is 4.51. The number of nitrogens with zero attached hydrogens (tertiary/aromatic N) is 2. The van der Waals surface area contributed by atoms with Crippen LogP contribution in [0, 0.1) is 6.92 Å². The molecule has 0 atom stereocenters. The highest BCUT2D eigenvalue weighted by molar-refractivity contribution is 5.74. The molecule has 0 spiro atoms. The Morgan fingerprint density at radius 1 is 1.35 bits per heavy atom. The number of carbonyl (C=O) groups excluding carboxylic acids is 1. The van der Waals surface area contributed by atoms with Crippen molar-refractivity contribution in [3.05, 3.63) is 47.3 Å². The molecule has 6 heteroatoms. The zero-order chi connectivity index (χ0) is 16.2. The number of likely N-dealkylation sites (tertiary alicyclic amines) is 1. The summed E-state index contributed by atoms with van der Waals surface area (Å²) in [5.74, 6) is 0.746. The molecule has 1 fully saturated rings. The van der Waals surface area contributed by atoms with E-state index in [0.717, 1.165) is 37.2 Å². The third kappa shape index (κ3) is 3.64. The number of H-pyrrole nitrogens is 1. The normalized spacial score (nSPS) is 15.6. The number of rotatable bonds is 3. The fourth-order valence-electron chi connectivity index (χ4n) is 3.00. The van der Waals surface area contributed by atoms with Crippen molar-refractivity contribution < 1.29 is 9.90 Å². The topological polar surface area (TPSA) is 81.2 Å². The summed E-state index contributed by atoms with van der Waals surface area (Å²) in [7, 11) is 0. The maximum Gasteiger partial charge on any atom is 0.317 e. The Balaban J connectivity index is 1.49. The first-order valence-electron chi connectivity index (χ1n) is 7.94. The fraction of sp³-hybridized carbons (Fsp3) is 0.412. The van der Waals surface area contributed by atoms with Crippen LogP contribution in [0.5, 0.6) is 5.75 Å². The lowest BCUT2D eigenvalue weighted by molar-refractivity contribution is 0.181. The van der Waals surface area contributed by atoms with E-state index in [9.17, 15) is 9.90 Å². The minimum Gasteiger partial charge on any atom is -0.508 e. The number of benzene rings is 1. The highest BCUT2D eigenvalue weighted by atomic mass is 16.3. The standard InChI is InChI=1S/C17H22N4O2/c1-12-15(11-19-20-12)10-18-17(23)21-8-6-14(7-9-21)13-2-4-16(22)5-3-13/h2-5,11,14,22H,6-10H2,1H3,(H,18,23)(H,19,20). The number of urea groups is 1. The van der Waals surface area contributed by atoms with Gasteiger partial charge in [-0.15, -0.1) is 0 Å². The minimum absolute atomic E-state index is 0.0187. The van der Waals surface area contributed by atoms with Gasteiger partial charge < -0.3 is 15.3 Å². The van der Waals surface area contributed by atoms with Crippen molar-refractivity contribution >= 4 is 6.03 Å². The summed E-state index contributed by atoms with van der Waals surface area (Å²) in [6, 6.07) is 7.37. The summed E-state index contributed by atoms with van der Waals surface area (Å²) < 4.78 is 0. The van der Waals surface area contributed by atoms with E-state index >= 15 is 0 Å². The number of phenols is 1. The third-order valence-electron chi connectivity index (χ3n) is 4.51. The summed E-state index contributed by atoms with van der Waals surface area (Å²) in [5, 5.41) is 19.1. The van der Waals surface area contributed by atoms with Gasteiger partial charge in [0, 0.05) is 30.9 Å². The molecule has 1 saturated heterocycles. The molecule has 0 unspecified atom stereocenters. The second kappa shape index (κ2) is 6.73. The number of hydrogen-bond donors (Lipinski definition) is 3. The molecular formula is C17H22N4O2. The van der Waals surface area contributed by atoms with E-state index < -0.39 is 0 Å². The van der Waals surface area contributed by atoms with E-state index in [0.29, 0.717) is 18.2 Å². The van der Waals surface area contributed by atoms with E-state index in [-0.39, 0.29) is 6.03 Å². The van der Waals surface area contributed by atoms with Crippen molar-refractivity contribution in [1.29, 1.82) is 0 Å². The van der Waals surface area contributed by atoms with Crippen molar-refractivity contribution in [2.75, 3.05) is 13.1 Å². The van der Waals surface area contributed by atoms with Gasteiger partial charge in [0.1, 0.15) is 5.75 Å². The highest BCUT2D eigenvalue weighted by Crippen LogP contribution is 2.28. The molecule has 0 radical (unpaired) electrons. The van der Waals surface area contributed by atoms with Crippen molar-refractivity contribution in [3.63, 3.8) is 0 Å². The predicted octanol–water partition coefficient (Wildman–Crippen LogP) is 2.51. The van der Waals surface area contributed by atoms with Crippen molar-refractivity contribution in [3.8, 4) is 5.75 Å². The average molecular weight is 314 g/mol. The van der Waals surface area contributed by atoms with Gasteiger partial charge >= 0.3 is 6.03 Å². The van der Waals surface area contributed by atoms with Gasteiger partial charge in [0.2, 0.25) is 0 Å². The number of phenolic OH excluding ortho intramolecular Hbond substituents is 1. The van der Waals surface area contributed by atoms with E-state index in [4.69, 9.17) is 0 Å². The zero-order valence-corrected chi connectivity index (χ0v) is 13.2. The minimum atomic E-state index is -0.0187. The highest BCUT2D eigenvalue weighted by Gasteiger charge is 2.23. The number of aryl methyl sites for hydroxylation is 1. The molecule has 2 heterocycles. The Hall–Kier alpha value is -2.50. The molecule has 0 aliphatic carbocycles. The first kappa shape index (κ1) is 15.4. The number of carbonyl (C=O) groups is 1. The Morgan fingerprint density at radius 2 is 2.04 bits per heavy atom. The van der Waals surface area contributed by atoms with Crippen LogP contribution in [0.25, 0.3) is 0 Å². The Bertz CT molecular complexity index is 657. The molecule has 0 bridgehead atoms. The van der Waals surface area contributed by atoms with E-state index in [1.165, 1.54) is 5.56 Å². The number of piperidine rings is 1. The van der Waals surface area contributed by atoms with Gasteiger partial charge in [-0.05, 0) is 43.4 Å². The molecule has 6 nitrogen and oxygen atoms in total. The summed E-state index contributed by atoms with van der Waals surface area (Å²) in [6.45, 7) is 3.94. The zero-order valence-electron chi connectivity index (χ0n) is 13.2. The van der Waals surface area contributed by atoms with Crippen molar-refractivity contribution in [1.82, 2.24) is 20.4 Å². The molecule has 122 valence electrons.